The van der Waals surface area contributed by atoms with E-state index in [1.807, 2.05) is 34.7 Å². The molecule has 3 heterocycles. The summed E-state index contributed by atoms with van der Waals surface area (Å²) in [5.74, 6) is 0.645. The first-order valence-electron chi connectivity index (χ1n) is 8.20. The van der Waals surface area contributed by atoms with Crippen molar-refractivity contribution in [3.05, 3.63) is 66.2 Å². The molecular weight excluding hydrogens is 318 g/mol. The van der Waals surface area contributed by atoms with Gasteiger partial charge in [-0.05, 0) is 36.2 Å². The van der Waals surface area contributed by atoms with Crippen LogP contribution in [0.25, 0.3) is 5.52 Å². The fourth-order valence-corrected chi connectivity index (χ4v) is 3.42. The third kappa shape index (κ3) is 2.85. The van der Waals surface area contributed by atoms with E-state index in [9.17, 15) is 9.90 Å². The third-order valence-electron chi connectivity index (χ3n) is 4.67. The smallest absolute Gasteiger partial charge is 0.255 e. The number of aliphatic hydroxyl groups excluding tert-OH is 1. The lowest BCUT2D eigenvalue weighted by atomic mass is 10.0. The molecule has 1 aliphatic heterocycles. The number of nitrogens with zero attached hydrogens (tertiary/aromatic N) is 3. The molecule has 3 aromatic rings. The topological polar surface area (TPSA) is 67.1 Å². The Morgan fingerprint density at radius 2 is 2.20 bits per heavy atom. The predicted octanol–water partition coefficient (Wildman–Crippen LogP) is 2.29. The Morgan fingerprint density at radius 1 is 1.32 bits per heavy atom. The molecule has 2 aromatic heterocycles. The summed E-state index contributed by atoms with van der Waals surface area (Å²) in [4.78, 5) is 18.9. The van der Waals surface area contributed by atoms with E-state index in [4.69, 9.17) is 4.74 Å². The zero-order valence-electron chi connectivity index (χ0n) is 13.9. The molecule has 1 saturated heterocycles. The van der Waals surface area contributed by atoms with Crippen LogP contribution in [-0.4, -0.2) is 45.1 Å². The average Bonchev–Trinajstić information content (AvgIpc) is 3.26. The zero-order chi connectivity index (χ0) is 17.4. The summed E-state index contributed by atoms with van der Waals surface area (Å²) in [7, 11) is 1.62. The van der Waals surface area contributed by atoms with E-state index in [0.717, 1.165) is 16.8 Å². The van der Waals surface area contributed by atoms with E-state index in [2.05, 4.69) is 4.98 Å². The van der Waals surface area contributed by atoms with Gasteiger partial charge in [-0.25, -0.2) is 4.98 Å². The molecule has 0 radical (unpaired) electrons. The minimum atomic E-state index is -0.530. The number of ether oxygens (including phenoxy) is 1. The summed E-state index contributed by atoms with van der Waals surface area (Å²) in [5, 5.41) is 10.2. The van der Waals surface area contributed by atoms with Crippen molar-refractivity contribution in [2.24, 2.45) is 0 Å². The van der Waals surface area contributed by atoms with Crippen LogP contribution >= 0.6 is 0 Å². The number of aromatic nitrogens is 2. The summed E-state index contributed by atoms with van der Waals surface area (Å²) in [6, 6.07) is 11.1. The first-order chi connectivity index (χ1) is 12.2. The molecule has 128 valence electrons. The fourth-order valence-electron chi connectivity index (χ4n) is 3.42. The highest BCUT2D eigenvalue weighted by Gasteiger charge is 2.36. The lowest BCUT2D eigenvalue weighted by Gasteiger charge is -2.25. The molecule has 2 atom stereocenters. The number of methoxy groups -OCH3 is 1. The van der Waals surface area contributed by atoms with Crippen molar-refractivity contribution in [1.29, 1.82) is 0 Å². The van der Waals surface area contributed by atoms with Crippen LogP contribution in [0.4, 0.5) is 0 Å². The van der Waals surface area contributed by atoms with Crippen LogP contribution in [0.1, 0.15) is 28.4 Å². The molecule has 25 heavy (non-hydrogen) atoms. The summed E-state index contributed by atoms with van der Waals surface area (Å²) in [5.41, 5.74) is 2.47. The quantitative estimate of drug-likeness (QED) is 0.796. The van der Waals surface area contributed by atoms with Crippen LogP contribution in [0.15, 0.2) is 55.1 Å². The van der Waals surface area contributed by atoms with Gasteiger partial charge in [0, 0.05) is 12.7 Å². The molecule has 0 spiro atoms. The second-order valence-corrected chi connectivity index (χ2v) is 6.28. The van der Waals surface area contributed by atoms with E-state index in [1.54, 1.807) is 36.8 Å². The van der Waals surface area contributed by atoms with Crippen LogP contribution in [0, 0.1) is 0 Å². The number of hydrogen-bond donors (Lipinski definition) is 1. The molecule has 0 bridgehead atoms. The summed E-state index contributed by atoms with van der Waals surface area (Å²) >= 11 is 0. The van der Waals surface area contributed by atoms with Gasteiger partial charge in [-0.2, -0.15) is 0 Å². The lowest BCUT2D eigenvalue weighted by molar-refractivity contribution is 0.0715. The highest BCUT2D eigenvalue weighted by Crippen LogP contribution is 2.34. The Hall–Kier alpha value is -2.86. The van der Waals surface area contributed by atoms with Gasteiger partial charge in [0.2, 0.25) is 0 Å². The minimum Gasteiger partial charge on any atom is -0.497 e. The van der Waals surface area contributed by atoms with Gasteiger partial charge < -0.3 is 19.1 Å². The maximum atomic E-state index is 13.0. The number of aliphatic hydroxyl groups is 1. The number of rotatable bonds is 3. The van der Waals surface area contributed by atoms with Crippen molar-refractivity contribution >= 4 is 11.4 Å². The molecule has 0 saturated carbocycles. The Kier molecular flexibility index (Phi) is 3.89. The van der Waals surface area contributed by atoms with E-state index >= 15 is 0 Å². The van der Waals surface area contributed by atoms with E-state index in [0.29, 0.717) is 18.5 Å². The Labute approximate surface area is 145 Å². The Balaban J connectivity index is 1.67. The normalized spacial score (nSPS) is 20.2. The molecule has 0 unspecified atom stereocenters. The van der Waals surface area contributed by atoms with Gasteiger partial charge in [0.1, 0.15) is 5.75 Å². The van der Waals surface area contributed by atoms with Gasteiger partial charge >= 0.3 is 0 Å². The van der Waals surface area contributed by atoms with Crippen LogP contribution in [-0.2, 0) is 0 Å². The first kappa shape index (κ1) is 15.7. The zero-order valence-corrected chi connectivity index (χ0v) is 13.9. The van der Waals surface area contributed by atoms with Gasteiger partial charge in [0.05, 0.1) is 42.9 Å². The number of β-amino-alcohol motifs (C(OH)–C–C–N with tert-alkyl or cyclic N) is 1. The lowest BCUT2D eigenvalue weighted by Crippen LogP contribution is -2.32. The Bertz CT molecular complexity index is 921. The van der Waals surface area contributed by atoms with Gasteiger partial charge in [0.15, 0.2) is 0 Å². The number of pyridine rings is 1. The largest absolute Gasteiger partial charge is 0.497 e. The number of hydrogen-bond acceptors (Lipinski definition) is 4. The van der Waals surface area contributed by atoms with Crippen LogP contribution in [0.5, 0.6) is 5.75 Å². The average molecular weight is 337 g/mol. The predicted molar refractivity (Wildman–Crippen MR) is 92.6 cm³/mol. The third-order valence-corrected chi connectivity index (χ3v) is 4.67. The number of benzene rings is 1. The van der Waals surface area contributed by atoms with Gasteiger partial charge in [-0.3, -0.25) is 4.79 Å². The highest BCUT2D eigenvalue weighted by molar-refractivity contribution is 5.94. The first-order valence-corrected chi connectivity index (χ1v) is 8.20. The maximum Gasteiger partial charge on any atom is 0.255 e. The van der Waals surface area contributed by atoms with Crippen LogP contribution < -0.4 is 4.74 Å². The number of fused-ring (bicyclic) bond motifs is 1. The van der Waals surface area contributed by atoms with Crippen molar-refractivity contribution in [2.75, 3.05) is 13.7 Å². The molecule has 6 nitrogen and oxygen atoms in total. The van der Waals surface area contributed by atoms with Gasteiger partial charge in [-0.1, -0.05) is 12.1 Å². The molecule has 1 N–H and O–H groups in total. The van der Waals surface area contributed by atoms with Gasteiger partial charge in [0.25, 0.3) is 5.91 Å². The Morgan fingerprint density at radius 3 is 3.04 bits per heavy atom. The number of carbonyl (C=O) groups is 1. The van der Waals surface area contributed by atoms with Crippen molar-refractivity contribution in [2.45, 2.75) is 18.6 Å². The van der Waals surface area contributed by atoms with Crippen LogP contribution in [0.3, 0.4) is 0 Å². The molecule has 1 aliphatic rings. The molecule has 1 fully saturated rings. The second-order valence-electron chi connectivity index (χ2n) is 6.28. The van der Waals surface area contributed by atoms with E-state index in [-0.39, 0.29) is 11.9 Å². The van der Waals surface area contributed by atoms with Crippen molar-refractivity contribution in [3.63, 3.8) is 0 Å². The fraction of sp³-hybridized carbons (Fsp3) is 0.263. The number of amides is 1. The van der Waals surface area contributed by atoms with Crippen molar-refractivity contribution in [3.8, 4) is 5.75 Å². The van der Waals surface area contributed by atoms with Crippen molar-refractivity contribution < 1.29 is 14.6 Å². The molecule has 6 heteroatoms. The van der Waals surface area contributed by atoms with E-state index in [1.165, 1.54) is 0 Å². The number of imidazole rings is 1. The number of carbonyl (C=O) groups excluding carboxylic acids is 1. The maximum absolute atomic E-state index is 13.0. The summed E-state index contributed by atoms with van der Waals surface area (Å²) in [6.45, 7) is 0.322. The number of likely N-dealkylation sites (tertiary alicyclic amines) is 1. The standard InChI is InChI=1S/C19H19N3O3/c1-25-17-4-2-3-13(7-17)18-8-16(23)11-22(18)19(24)14-5-6-15-9-20-12-21(15)10-14/h2-7,9-10,12,16,18,23H,8,11H2,1H3/t16-,18+/m1/s1. The molecule has 4 rings (SSSR count). The second kappa shape index (κ2) is 6.22. The van der Waals surface area contributed by atoms with Gasteiger partial charge in [-0.15, -0.1) is 0 Å². The SMILES string of the molecule is COc1cccc([C@@H]2C[C@@H](O)CN2C(=O)c2ccc3cncn3c2)c1. The molecule has 1 amide bonds. The minimum absolute atomic E-state index is 0.0973. The van der Waals surface area contributed by atoms with Crippen molar-refractivity contribution in [1.82, 2.24) is 14.3 Å². The molecule has 0 aliphatic carbocycles. The van der Waals surface area contributed by atoms with Crippen LogP contribution in [0.2, 0.25) is 0 Å². The summed E-state index contributed by atoms with van der Waals surface area (Å²) in [6.07, 6.45) is 5.18. The molecular formula is C19H19N3O3. The summed E-state index contributed by atoms with van der Waals surface area (Å²) < 4.78 is 7.10. The molecule has 1 aromatic carbocycles. The van der Waals surface area contributed by atoms with E-state index < -0.39 is 6.10 Å². The highest BCUT2D eigenvalue weighted by atomic mass is 16.5. The monoisotopic (exact) mass is 337 g/mol.